The Bertz CT molecular complexity index is 478. The maximum atomic E-state index is 11.0. The van der Waals surface area contributed by atoms with E-state index < -0.39 is 5.97 Å². The van der Waals surface area contributed by atoms with E-state index >= 15 is 0 Å². The number of carboxylic acid groups (broad SMARTS) is 1. The van der Waals surface area contributed by atoms with Gasteiger partial charge in [0.05, 0.1) is 5.56 Å². The van der Waals surface area contributed by atoms with E-state index in [0.29, 0.717) is 11.0 Å². The summed E-state index contributed by atoms with van der Waals surface area (Å²) in [7, 11) is 0. The summed E-state index contributed by atoms with van der Waals surface area (Å²) in [5.74, 6) is -0.854. The van der Waals surface area contributed by atoms with Crippen LogP contribution < -0.4 is 4.90 Å². The molecule has 1 N–H and O–H groups in total. The zero-order chi connectivity index (χ0) is 14.0. The van der Waals surface area contributed by atoms with E-state index in [9.17, 15) is 4.79 Å². The van der Waals surface area contributed by atoms with Crippen LogP contribution in [0, 0.1) is 12.3 Å². The highest BCUT2D eigenvalue weighted by molar-refractivity contribution is 5.88. The summed E-state index contributed by atoms with van der Waals surface area (Å²) in [6.45, 7) is 8.71. The minimum absolute atomic E-state index is 0.373. The number of anilines is 1. The fraction of sp³-hybridized carbons (Fsp3) is 0.562. The first-order valence-corrected chi connectivity index (χ1v) is 7.10. The van der Waals surface area contributed by atoms with Gasteiger partial charge in [0.2, 0.25) is 0 Å². The van der Waals surface area contributed by atoms with Crippen LogP contribution in [-0.4, -0.2) is 24.2 Å². The standard InChI is InChI=1S/C16H23NO2/c1-4-16(5-2)8-9-17(11-16)14-7-6-13(15(18)19)10-12(14)3/h6-7,10H,4-5,8-9,11H2,1-3H3,(H,18,19). The third kappa shape index (κ3) is 2.60. The summed E-state index contributed by atoms with van der Waals surface area (Å²) in [5.41, 5.74) is 3.06. The van der Waals surface area contributed by atoms with Crippen LogP contribution in [0.4, 0.5) is 5.69 Å². The van der Waals surface area contributed by atoms with Crippen molar-refractivity contribution in [1.29, 1.82) is 0 Å². The molecule has 0 aromatic heterocycles. The van der Waals surface area contributed by atoms with Gasteiger partial charge in [0.25, 0.3) is 0 Å². The lowest BCUT2D eigenvalue weighted by Crippen LogP contribution is -2.26. The number of benzene rings is 1. The molecule has 0 spiro atoms. The molecule has 0 radical (unpaired) electrons. The lowest BCUT2D eigenvalue weighted by molar-refractivity contribution is 0.0697. The molecule has 0 aliphatic carbocycles. The number of carboxylic acids is 1. The maximum Gasteiger partial charge on any atom is 0.335 e. The molecule has 1 aromatic rings. The predicted octanol–water partition coefficient (Wildman–Crippen LogP) is 3.71. The summed E-state index contributed by atoms with van der Waals surface area (Å²) in [5, 5.41) is 9.01. The molecule has 1 fully saturated rings. The van der Waals surface area contributed by atoms with Crippen LogP contribution in [-0.2, 0) is 0 Å². The minimum Gasteiger partial charge on any atom is -0.478 e. The maximum absolute atomic E-state index is 11.0. The molecule has 0 unspecified atom stereocenters. The van der Waals surface area contributed by atoms with E-state index in [4.69, 9.17) is 5.11 Å². The minimum atomic E-state index is -0.854. The van der Waals surface area contributed by atoms with Crippen molar-refractivity contribution in [2.24, 2.45) is 5.41 Å². The van der Waals surface area contributed by atoms with Crippen molar-refractivity contribution in [1.82, 2.24) is 0 Å². The molecule has 0 amide bonds. The van der Waals surface area contributed by atoms with E-state index in [2.05, 4.69) is 18.7 Å². The van der Waals surface area contributed by atoms with Crippen molar-refractivity contribution in [3.63, 3.8) is 0 Å². The normalized spacial score (nSPS) is 17.7. The number of carbonyl (C=O) groups is 1. The molecule has 3 nitrogen and oxygen atoms in total. The van der Waals surface area contributed by atoms with Gasteiger partial charge in [-0.05, 0) is 55.4 Å². The van der Waals surface area contributed by atoms with Gasteiger partial charge in [-0.3, -0.25) is 0 Å². The molecule has 2 rings (SSSR count). The molecule has 0 saturated carbocycles. The van der Waals surface area contributed by atoms with Crippen molar-refractivity contribution >= 4 is 11.7 Å². The van der Waals surface area contributed by atoms with E-state index in [-0.39, 0.29) is 0 Å². The Morgan fingerprint density at radius 2 is 2.05 bits per heavy atom. The molecular formula is C16H23NO2. The molecule has 1 heterocycles. The Hall–Kier alpha value is -1.51. The van der Waals surface area contributed by atoms with Crippen LogP contribution in [0.2, 0.25) is 0 Å². The molecule has 1 aromatic carbocycles. The smallest absolute Gasteiger partial charge is 0.335 e. The van der Waals surface area contributed by atoms with Crippen LogP contribution in [0.15, 0.2) is 18.2 Å². The first-order chi connectivity index (χ1) is 9.01. The number of aromatic carboxylic acids is 1. The van der Waals surface area contributed by atoms with Crippen LogP contribution in [0.25, 0.3) is 0 Å². The second kappa shape index (κ2) is 5.24. The molecule has 1 saturated heterocycles. The molecule has 0 bridgehead atoms. The fourth-order valence-corrected chi connectivity index (χ4v) is 3.11. The Balaban J connectivity index is 2.22. The first-order valence-electron chi connectivity index (χ1n) is 7.10. The third-order valence-electron chi connectivity index (χ3n) is 4.72. The number of rotatable bonds is 4. The molecule has 19 heavy (non-hydrogen) atoms. The van der Waals surface area contributed by atoms with Gasteiger partial charge in [-0.15, -0.1) is 0 Å². The van der Waals surface area contributed by atoms with Crippen molar-refractivity contribution in [3.05, 3.63) is 29.3 Å². The second-order valence-corrected chi connectivity index (χ2v) is 5.69. The Kier molecular flexibility index (Phi) is 3.83. The molecule has 1 aliphatic heterocycles. The SMILES string of the molecule is CCC1(CC)CCN(c2ccc(C(=O)O)cc2C)C1. The largest absolute Gasteiger partial charge is 0.478 e. The van der Waals surface area contributed by atoms with Crippen LogP contribution in [0.3, 0.4) is 0 Å². The number of nitrogens with zero attached hydrogens (tertiary/aromatic N) is 1. The summed E-state index contributed by atoms with van der Waals surface area (Å²) in [6.07, 6.45) is 3.67. The van der Waals surface area contributed by atoms with Gasteiger partial charge in [-0.2, -0.15) is 0 Å². The van der Waals surface area contributed by atoms with Gasteiger partial charge in [-0.25, -0.2) is 4.79 Å². The van der Waals surface area contributed by atoms with E-state index in [1.807, 2.05) is 13.0 Å². The third-order valence-corrected chi connectivity index (χ3v) is 4.72. The lowest BCUT2D eigenvalue weighted by atomic mass is 9.82. The topological polar surface area (TPSA) is 40.5 Å². The zero-order valence-electron chi connectivity index (χ0n) is 12.1. The van der Waals surface area contributed by atoms with E-state index in [1.165, 1.54) is 24.9 Å². The monoisotopic (exact) mass is 261 g/mol. The summed E-state index contributed by atoms with van der Waals surface area (Å²) >= 11 is 0. The highest BCUT2D eigenvalue weighted by Gasteiger charge is 2.35. The highest BCUT2D eigenvalue weighted by Crippen LogP contribution is 2.39. The Morgan fingerprint density at radius 3 is 2.53 bits per heavy atom. The van der Waals surface area contributed by atoms with Crippen LogP contribution in [0.1, 0.15) is 49.0 Å². The Morgan fingerprint density at radius 1 is 1.37 bits per heavy atom. The predicted molar refractivity (Wildman–Crippen MR) is 78.0 cm³/mol. The molecule has 0 atom stereocenters. The Labute approximate surface area is 115 Å². The molecule has 104 valence electrons. The van der Waals surface area contributed by atoms with Gasteiger partial charge < -0.3 is 10.0 Å². The second-order valence-electron chi connectivity index (χ2n) is 5.69. The first kappa shape index (κ1) is 13.9. The van der Waals surface area contributed by atoms with Crippen LogP contribution >= 0.6 is 0 Å². The lowest BCUT2D eigenvalue weighted by Gasteiger charge is -2.28. The molecule has 3 heteroatoms. The van der Waals surface area contributed by atoms with Crippen LogP contribution in [0.5, 0.6) is 0 Å². The molecule has 1 aliphatic rings. The fourth-order valence-electron chi connectivity index (χ4n) is 3.11. The average Bonchev–Trinajstić information content (AvgIpc) is 2.83. The number of hydrogen-bond acceptors (Lipinski definition) is 2. The van der Waals surface area contributed by atoms with Gasteiger partial charge in [-0.1, -0.05) is 13.8 Å². The number of hydrogen-bond donors (Lipinski definition) is 1. The van der Waals surface area contributed by atoms with E-state index in [1.54, 1.807) is 12.1 Å². The number of aryl methyl sites for hydroxylation is 1. The summed E-state index contributed by atoms with van der Waals surface area (Å²) in [4.78, 5) is 13.4. The van der Waals surface area contributed by atoms with Crippen molar-refractivity contribution in [2.75, 3.05) is 18.0 Å². The van der Waals surface area contributed by atoms with Gasteiger partial charge in [0.15, 0.2) is 0 Å². The van der Waals surface area contributed by atoms with Crippen molar-refractivity contribution in [2.45, 2.75) is 40.0 Å². The average molecular weight is 261 g/mol. The van der Waals surface area contributed by atoms with Crippen molar-refractivity contribution in [3.8, 4) is 0 Å². The zero-order valence-corrected chi connectivity index (χ0v) is 12.1. The van der Waals surface area contributed by atoms with Crippen molar-refractivity contribution < 1.29 is 9.90 Å². The van der Waals surface area contributed by atoms with Gasteiger partial charge >= 0.3 is 5.97 Å². The van der Waals surface area contributed by atoms with Gasteiger partial charge in [0.1, 0.15) is 0 Å². The summed E-state index contributed by atoms with van der Waals surface area (Å²) < 4.78 is 0. The van der Waals surface area contributed by atoms with E-state index in [0.717, 1.165) is 18.7 Å². The summed E-state index contributed by atoms with van der Waals surface area (Å²) in [6, 6.07) is 5.44. The quantitative estimate of drug-likeness (QED) is 0.898. The van der Waals surface area contributed by atoms with Gasteiger partial charge in [0, 0.05) is 18.8 Å². The highest BCUT2D eigenvalue weighted by atomic mass is 16.4. The molecular weight excluding hydrogens is 238 g/mol.